The number of carbonyl (C=O) groups excluding carboxylic acids is 1. The van der Waals surface area contributed by atoms with Crippen LogP contribution in [0.5, 0.6) is 0 Å². The van der Waals surface area contributed by atoms with Gasteiger partial charge in [0.15, 0.2) is 0 Å². The van der Waals surface area contributed by atoms with Crippen molar-refractivity contribution in [2.24, 2.45) is 5.92 Å². The predicted octanol–water partition coefficient (Wildman–Crippen LogP) is 2.57. The Labute approximate surface area is 115 Å². The fourth-order valence-electron chi connectivity index (χ4n) is 2.91. The Morgan fingerprint density at radius 1 is 1.05 bits per heavy atom. The van der Waals surface area contributed by atoms with Crippen LogP contribution in [0.25, 0.3) is 0 Å². The minimum Gasteiger partial charge on any atom is -0.371 e. The van der Waals surface area contributed by atoms with Gasteiger partial charge in [-0.2, -0.15) is 0 Å². The summed E-state index contributed by atoms with van der Waals surface area (Å²) in [5, 5.41) is 3.23. The highest BCUT2D eigenvalue weighted by Gasteiger charge is 2.28. The molecule has 3 heteroatoms. The van der Waals surface area contributed by atoms with E-state index in [1.54, 1.807) is 0 Å². The van der Waals surface area contributed by atoms with E-state index in [0.717, 1.165) is 38.8 Å². The standard InChI is InChI=1S/C16H22N2O/c19-16(13-5-4-6-13)17-14-9-11-18(12-10-14)15-7-2-1-3-8-15/h1-3,7-8,13-14H,4-6,9-12H2,(H,17,19). The van der Waals surface area contributed by atoms with Crippen molar-refractivity contribution in [3.63, 3.8) is 0 Å². The molecule has 102 valence electrons. The Kier molecular flexibility index (Phi) is 3.72. The highest BCUT2D eigenvalue weighted by molar-refractivity contribution is 5.79. The zero-order valence-corrected chi connectivity index (χ0v) is 11.3. The second kappa shape index (κ2) is 5.64. The fraction of sp³-hybridized carbons (Fsp3) is 0.562. The number of para-hydroxylation sites is 1. The number of anilines is 1. The van der Waals surface area contributed by atoms with Gasteiger partial charge in [-0.1, -0.05) is 24.6 Å². The molecule has 1 saturated heterocycles. The number of amides is 1. The van der Waals surface area contributed by atoms with Gasteiger partial charge < -0.3 is 10.2 Å². The van der Waals surface area contributed by atoms with E-state index >= 15 is 0 Å². The van der Waals surface area contributed by atoms with Crippen molar-refractivity contribution < 1.29 is 4.79 Å². The smallest absolute Gasteiger partial charge is 0.223 e. The van der Waals surface area contributed by atoms with Gasteiger partial charge in [-0.15, -0.1) is 0 Å². The molecule has 0 atom stereocenters. The zero-order chi connectivity index (χ0) is 13.1. The van der Waals surface area contributed by atoms with Crippen LogP contribution in [0, 0.1) is 5.92 Å². The lowest BCUT2D eigenvalue weighted by molar-refractivity contribution is -0.128. The van der Waals surface area contributed by atoms with Crippen molar-refractivity contribution in [1.29, 1.82) is 0 Å². The number of benzene rings is 1. The summed E-state index contributed by atoms with van der Waals surface area (Å²) in [6, 6.07) is 10.9. The molecule has 1 aromatic carbocycles. The number of carbonyl (C=O) groups is 1. The van der Waals surface area contributed by atoms with Gasteiger partial charge in [0.2, 0.25) is 5.91 Å². The van der Waals surface area contributed by atoms with E-state index in [9.17, 15) is 4.79 Å². The maximum atomic E-state index is 11.9. The first kappa shape index (κ1) is 12.5. The SMILES string of the molecule is O=C(NC1CCN(c2ccccc2)CC1)C1CCC1. The Morgan fingerprint density at radius 2 is 1.74 bits per heavy atom. The Balaban J connectivity index is 1.48. The Morgan fingerprint density at radius 3 is 2.32 bits per heavy atom. The largest absolute Gasteiger partial charge is 0.371 e. The van der Waals surface area contributed by atoms with Crippen LogP contribution in [-0.2, 0) is 4.79 Å². The first-order chi connectivity index (χ1) is 9.33. The molecule has 0 bridgehead atoms. The van der Waals surface area contributed by atoms with Crippen molar-refractivity contribution >= 4 is 11.6 Å². The summed E-state index contributed by atoms with van der Waals surface area (Å²) < 4.78 is 0. The predicted molar refractivity (Wildman–Crippen MR) is 77.2 cm³/mol. The van der Waals surface area contributed by atoms with Gasteiger partial charge in [-0.25, -0.2) is 0 Å². The minimum absolute atomic E-state index is 0.296. The number of rotatable bonds is 3. The van der Waals surface area contributed by atoms with E-state index in [0.29, 0.717) is 17.9 Å². The fourth-order valence-corrected chi connectivity index (χ4v) is 2.91. The van der Waals surface area contributed by atoms with Crippen molar-refractivity contribution in [2.45, 2.75) is 38.1 Å². The van der Waals surface area contributed by atoms with E-state index in [1.165, 1.54) is 12.1 Å². The second-order valence-electron chi connectivity index (χ2n) is 5.73. The third-order valence-corrected chi connectivity index (χ3v) is 4.44. The average Bonchev–Trinajstić information content (AvgIpc) is 2.38. The zero-order valence-electron chi connectivity index (χ0n) is 11.3. The molecule has 3 rings (SSSR count). The average molecular weight is 258 g/mol. The quantitative estimate of drug-likeness (QED) is 0.903. The van der Waals surface area contributed by atoms with Crippen LogP contribution >= 0.6 is 0 Å². The van der Waals surface area contributed by atoms with Crippen LogP contribution < -0.4 is 10.2 Å². The van der Waals surface area contributed by atoms with Crippen LogP contribution in [0.4, 0.5) is 5.69 Å². The second-order valence-corrected chi connectivity index (χ2v) is 5.73. The molecule has 1 saturated carbocycles. The highest BCUT2D eigenvalue weighted by Crippen LogP contribution is 2.27. The normalized spacial score (nSPS) is 20.9. The minimum atomic E-state index is 0.296. The van der Waals surface area contributed by atoms with Crippen LogP contribution in [0.2, 0.25) is 0 Å². The molecule has 3 nitrogen and oxygen atoms in total. The van der Waals surface area contributed by atoms with Crippen molar-refractivity contribution in [3.8, 4) is 0 Å². The van der Waals surface area contributed by atoms with Gasteiger partial charge in [0.05, 0.1) is 0 Å². The Bertz CT molecular complexity index is 420. The van der Waals surface area contributed by atoms with E-state index in [2.05, 4.69) is 40.5 Å². The van der Waals surface area contributed by atoms with Crippen LogP contribution in [0.15, 0.2) is 30.3 Å². The third kappa shape index (κ3) is 2.91. The summed E-state index contributed by atoms with van der Waals surface area (Å²) in [4.78, 5) is 14.3. The number of hydrogen-bond acceptors (Lipinski definition) is 2. The van der Waals surface area contributed by atoms with E-state index < -0.39 is 0 Å². The van der Waals surface area contributed by atoms with Gasteiger partial charge in [-0.05, 0) is 37.8 Å². The van der Waals surface area contributed by atoms with Gasteiger partial charge in [0, 0.05) is 30.7 Å². The molecule has 2 fully saturated rings. The first-order valence-corrected chi connectivity index (χ1v) is 7.43. The summed E-state index contributed by atoms with van der Waals surface area (Å²) in [6.07, 6.45) is 5.54. The maximum absolute atomic E-state index is 11.9. The number of hydrogen-bond donors (Lipinski definition) is 1. The first-order valence-electron chi connectivity index (χ1n) is 7.43. The molecule has 1 aromatic rings. The van der Waals surface area contributed by atoms with Gasteiger partial charge >= 0.3 is 0 Å². The highest BCUT2D eigenvalue weighted by atomic mass is 16.2. The summed E-state index contributed by atoms with van der Waals surface area (Å²) in [5.41, 5.74) is 1.30. The van der Waals surface area contributed by atoms with Gasteiger partial charge in [0.25, 0.3) is 0 Å². The lowest BCUT2D eigenvalue weighted by Gasteiger charge is -2.35. The molecule has 1 N–H and O–H groups in total. The summed E-state index contributed by atoms with van der Waals surface area (Å²) >= 11 is 0. The van der Waals surface area contributed by atoms with Gasteiger partial charge in [-0.3, -0.25) is 4.79 Å². The lowest BCUT2D eigenvalue weighted by atomic mass is 9.84. The summed E-state index contributed by atoms with van der Waals surface area (Å²) in [5.74, 6) is 0.608. The van der Waals surface area contributed by atoms with Crippen molar-refractivity contribution in [1.82, 2.24) is 5.32 Å². The monoisotopic (exact) mass is 258 g/mol. The molecule has 1 heterocycles. The number of nitrogens with one attached hydrogen (secondary N) is 1. The molecular weight excluding hydrogens is 236 g/mol. The molecule has 0 spiro atoms. The van der Waals surface area contributed by atoms with Gasteiger partial charge in [0.1, 0.15) is 0 Å². The molecule has 0 radical (unpaired) electrons. The molecular formula is C16H22N2O. The molecule has 0 unspecified atom stereocenters. The summed E-state index contributed by atoms with van der Waals surface area (Å²) in [7, 11) is 0. The van der Waals surface area contributed by atoms with Crippen LogP contribution in [0.3, 0.4) is 0 Å². The topological polar surface area (TPSA) is 32.3 Å². The van der Waals surface area contributed by atoms with Crippen molar-refractivity contribution in [2.75, 3.05) is 18.0 Å². The molecule has 1 aliphatic heterocycles. The third-order valence-electron chi connectivity index (χ3n) is 4.44. The molecule has 19 heavy (non-hydrogen) atoms. The van der Waals surface area contributed by atoms with E-state index in [4.69, 9.17) is 0 Å². The Hall–Kier alpha value is -1.51. The maximum Gasteiger partial charge on any atom is 0.223 e. The van der Waals surface area contributed by atoms with E-state index in [-0.39, 0.29) is 0 Å². The molecule has 2 aliphatic rings. The van der Waals surface area contributed by atoms with Crippen LogP contribution in [0.1, 0.15) is 32.1 Å². The lowest BCUT2D eigenvalue weighted by Crippen LogP contribution is -2.47. The van der Waals surface area contributed by atoms with Crippen LogP contribution in [-0.4, -0.2) is 25.0 Å². The summed E-state index contributed by atoms with van der Waals surface area (Å²) in [6.45, 7) is 2.08. The molecule has 0 aromatic heterocycles. The molecule has 1 aliphatic carbocycles. The number of nitrogens with zero attached hydrogens (tertiary/aromatic N) is 1. The van der Waals surface area contributed by atoms with Crippen molar-refractivity contribution in [3.05, 3.63) is 30.3 Å². The van der Waals surface area contributed by atoms with E-state index in [1.807, 2.05) is 0 Å². The molecule has 1 amide bonds. The number of piperidine rings is 1.